The molecule has 21 heavy (non-hydrogen) atoms. The maximum atomic E-state index is 13.7. The Morgan fingerprint density at radius 3 is 2.38 bits per heavy atom. The molecule has 1 aliphatic heterocycles. The van der Waals surface area contributed by atoms with Gasteiger partial charge in [0.15, 0.2) is 0 Å². The molecule has 0 aromatic heterocycles. The second-order valence-electron chi connectivity index (χ2n) is 5.02. The number of carbonyl (C=O) groups is 1. The molecule has 1 heterocycles. The van der Waals surface area contributed by atoms with Crippen molar-refractivity contribution in [1.82, 2.24) is 4.90 Å². The van der Waals surface area contributed by atoms with Crippen molar-refractivity contribution in [3.8, 4) is 0 Å². The van der Waals surface area contributed by atoms with Crippen LogP contribution in [0.15, 0.2) is 23.1 Å². The van der Waals surface area contributed by atoms with Crippen molar-refractivity contribution in [2.45, 2.75) is 30.6 Å². The van der Waals surface area contributed by atoms with E-state index in [0.717, 1.165) is 43.9 Å². The summed E-state index contributed by atoms with van der Waals surface area (Å²) in [7, 11) is -3.94. The fourth-order valence-electron chi connectivity index (χ4n) is 2.25. The van der Waals surface area contributed by atoms with Crippen LogP contribution in [0, 0.1) is 5.82 Å². The maximum absolute atomic E-state index is 13.7. The van der Waals surface area contributed by atoms with Gasteiger partial charge in [0.2, 0.25) is 10.0 Å². The highest BCUT2D eigenvalue weighted by Crippen LogP contribution is 2.20. The molecule has 1 saturated heterocycles. The number of carbonyl (C=O) groups excluding carboxylic acids is 1. The lowest BCUT2D eigenvalue weighted by Crippen LogP contribution is -2.35. The van der Waals surface area contributed by atoms with Gasteiger partial charge in [0, 0.05) is 13.1 Å². The van der Waals surface area contributed by atoms with Crippen LogP contribution in [0.25, 0.3) is 0 Å². The Bertz CT molecular complexity index is 626. The number of amides is 2. The molecular formula is C13H18FN3O3S. The van der Waals surface area contributed by atoms with Gasteiger partial charge < -0.3 is 10.2 Å². The van der Waals surface area contributed by atoms with E-state index in [1.54, 1.807) is 4.90 Å². The minimum atomic E-state index is -3.94. The van der Waals surface area contributed by atoms with E-state index in [2.05, 4.69) is 5.32 Å². The molecule has 0 atom stereocenters. The number of likely N-dealkylation sites (tertiary alicyclic amines) is 1. The molecule has 2 amide bonds. The highest BCUT2D eigenvalue weighted by atomic mass is 32.2. The van der Waals surface area contributed by atoms with E-state index in [9.17, 15) is 17.6 Å². The minimum absolute atomic E-state index is 0.184. The van der Waals surface area contributed by atoms with Crippen LogP contribution in [0.4, 0.5) is 14.9 Å². The van der Waals surface area contributed by atoms with Gasteiger partial charge in [0.25, 0.3) is 0 Å². The standard InChI is InChI=1S/C13H18FN3O3S/c14-11-6-5-10(21(15,19)20)9-12(11)16-13(18)17-7-3-1-2-4-8-17/h5-6,9H,1-4,7-8H2,(H,16,18)(H2,15,19,20). The molecular weight excluding hydrogens is 297 g/mol. The zero-order valence-corrected chi connectivity index (χ0v) is 12.3. The number of hydrogen-bond donors (Lipinski definition) is 2. The molecule has 1 aromatic rings. The average molecular weight is 315 g/mol. The monoisotopic (exact) mass is 315 g/mol. The zero-order valence-electron chi connectivity index (χ0n) is 11.5. The average Bonchev–Trinajstić information content (AvgIpc) is 2.68. The maximum Gasteiger partial charge on any atom is 0.321 e. The van der Waals surface area contributed by atoms with Crippen molar-refractivity contribution in [1.29, 1.82) is 0 Å². The molecule has 1 aromatic carbocycles. The first-order valence-corrected chi connectivity index (χ1v) is 8.31. The highest BCUT2D eigenvalue weighted by molar-refractivity contribution is 7.89. The molecule has 0 aliphatic carbocycles. The predicted molar refractivity (Wildman–Crippen MR) is 76.8 cm³/mol. The van der Waals surface area contributed by atoms with Crippen molar-refractivity contribution >= 4 is 21.7 Å². The van der Waals surface area contributed by atoms with Crippen LogP contribution in [-0.4, -0.2) is 32.4 Å². The largest absolute Gasteiger partial charge is 0.325 e. The Labute approximate surface area is 123 Å². The molecule has 0 radical (unpaired) electrons. The number of urea groups is 1. The number of hydrogen-bond acceptors (Lipinski definition) is 3. The van der Waals surface area contributed by atoms with Gasteiger partial charge in [0.1, 0.15) is 5.82 Å². The number of primary sulfonamides is 1. The molecule has 6 nitrogen and oxygen atoms in total. The van der Waals surface area contributed by atoms with Crippen LogP contribution < -0.4 is 10.5 Å². The number of nitrogens with zero attached hydrogens (tertiary/aromatic N) is 1. The van der Waals surface area contributed by atoms with Gasteiger partial charge in [-0.25, -0.2) is 22.7 Å². The van der Waals surface area contributed by atoms with E-state index in [0.29, 0.717) is 13.1 Å². The van der Waals surface area contributed by atoms with Gasteiger partial charge >= 0.3 is 6.03 Å². The summed E-state index contributed by atoms with van der Waals surface area (Å²) in [5.41, 5.74) is -0.184. The smallest absolute Gasteiger partial charge is 0.321 e. The summed E-state index contributed by atoms with van der Waals surface area (Å²) < 4.78 is 36.2. The van der Waals surface area contributed by atoms with Crippen LogP contribution in [0.5, 0.6) is 0 Å². The van der Waals surface area contributed by atoms with Gasteiger partial charge in [-0.3, -0.25) is 0 Å². The van der Waals surface area contributed by atoms with Crippen molar-refractivity contribution in [3.05, 3.63) is 24.0 Å². The summed E-state index contributed by atoms with van der Waals surface area (Å²) >= 11 is 0. The summed E-state index contributed by atoms with van der Waals surface area (Å²) in [4.78, 5) is 13.5. The molecule has 0 bridgehead atoms. The Hall–Kier alpha value is -1.67. The quantitative estimate of drug-likeness (QED) is 0.872. The van der Waals surface area contributed by atoms with E-state index >= 15 is 0 Å². The molecule has 2 rings (SSSR count). The van der Waals surface area contributed by atoms with E-state index in [1.165, 1.54) is 0 Å². The first-order valence-electron chi connectivity index (χ1n) is 6.76. The molecule has 0 unspecified atom stereocenters. The summed E-state index contributed by atoms with van der Waals surface area (Å²) in [6.45, 7) is 1.23. The summed E-state index contributed by atoms with van der Waals surface area (Å²) in [5.74, 6) is -0.703. The fraction of sp³-hybridized carbons (Fsp3) is 0.462. The molecule has 3 N–H and O–H groups in total. The predicted octanol–water partition coefficient (Wildman–Crippen LogP) is 1.88. The van der Waals surface area contributed by atoms with Crippen molar-refractivity contribution in [2.75, 3.05) is 18.4 Å². The minimum Gasteiger partial charge on any atom is -0.325 e. The van der Waals surface area contributed by atoms with E-state index in [1.807, 2.05) is 0 Å². The number of nitrogens with two attached hydrogens (primary N) is 1. The molecule has 0 saturated carbocycles. The normalized spacial score (nSPS) is 16.4. The number of anilines is 1. The topological polar surface area (TPSA) is 92.5 Å². The summed E-state index contributed by atoms with van der Waals surface area (Å²) in [5, 5.41) is 7.41. The van der Waals surface area contributed by atoms with Gasteiger partial charge in [-0.2, -0.15) is 0 Å². The second kappa shape index (κ2) is 6.40. The van der Waals surface area contributed by atoms with Crippen molar-refractivity contribution < 1.29 is 17.6 Å². The first kappa shape index (κ1) is 15.7. The van der Waals surface area contributed by atoms with E-state index in [-0.39, 0.29) is 10.6 Å². The lowest BCUT2D eigenvalue weighted by Gasteiger charge is -2.21. The zero-order chi connectivity index (χ0) is 15.5. The highest BCUT2D eigenvalue weighted by Gasteiger charge is 2.18. The van der Waals surface area contributed by atoms with Crippen LogP contribution in [0.1, 0.15) is 25.7 Å². The van der Waals surface area contributed by atoms with E-state index < -0.39 is 21.9 Å². The molecule has 116 valence electrons. The third-order valence-corrected chi connectivity index (χ3v) is 4.31. The third kappa shape index (κ3) is 4.15. The van der Waals surface area contributed by atoms with Crippen LogP contribution >= 0.6 is 0 Å². The molecule has 8 heteroatoms. The molecule has 1 fully saturated rings. The molecule has 1 aliphatic rings. The first-order chi connectivity index (χ1) is 9.88. The van der Waals surface area contributed by atoms with Gasteiger partial charge in [0.05, 0.1) is 10.6 Å². The van der Waals surface area contributed by atoms with Crippen LogP contribution in [0.2, 0.25) is 0 Å². The number of halogens is 1. The van der Waals surface area contributed by atoms with Gasteiger partial charge in [-0.1, -0.05) is 12.8 Å². The number of sulfonamides is 1. The number of benzene rings is 1. The van der Waals surface area contributed by atoms with Crippen molar-refractivity contribution in [3.63, 3.8) is 0 Å². The Balaban J connectivity index is 2.16. The lowest BCUT2D eigenvalue weighted by atomic mass is 10.2. The SMILES string of the molecule is NS(=O)(=O)c1ccc(F)c(NC(=O)N2CCCCCC2)c1. The van der Waals surface area contributed by atoms with Crippen molar-refractivity contribution in [2.24, 2.45) is 5.14 Å². The third-order valence-electron chi connectivity index (χ3n) is 3.40. The summed E-state index contributed by atoms with van der Waals surface area (Å²) in [6.07, 6.45) is 3.96. The molecule has 0 spiro atoms. The fourth-order valence-corrected chi connectivity index (χ4v) is 2.79. The Kier molecular flexibility index (Phi) is 4.79. The van der Waals surface area contributed by atoms with E-state index in [4.69, 9.17) is 5.14 Å². The van der Waals surface area contributed by atoms with Crippen LogP contribution in [0.3, 0.4) is 0 Å². The lowest BCUT2D eigenvalue weighted by molar-refractivity contribution is 0.213. The van der Waals surface area contributed by atoms with Gasteiger partial charge in [-0.05, 0) is 31.0 Å². The number of rotatable bonds is 2. The van der Waals surface area contributed by atoms with Gasteiger partial charge in [-0.15, -0.1) is 0 Å². The second-order valence-corrected chi connectivity index (χ2v) is 6.58. The Morgan fingerprint density at radius 1 is 1.19 bits per heavy atom. The summed E-state index contributed by atoms with van der Waals surface area (Å²) in [6, 6.07) is 2.63. The number of nitrogens with one attached hydrogen (secondary N) is 1. The van der Waals surface area contributed by atoms with Crippen LogP contribution in [-0.2, 0) is 10.0 Å². The Morgan fingerprint density at radius 2 is 1.81 bits per heavy atom.